The summed E-state index contributed by atoms with van der Waals surface area (Å²) in [5, 5.41) is 7.26. The maximum Gasteiger partial charge on any atom is 0.245 e. The molecule has 3 atom stereocenters. The van der Waals surface area contributed by atoms with Crippen LogP contribution in [0.15, 0.2) is 35.5 Å². The third kappa shape index (κ3) is 6.55. The van der Waals surface area contributed by atoms with E-state index in [9.17, 15) is 9.59 Å². The van der Waals surface area contributed by atoms with Crippen LogP contribution in [-0.4, -0.2) is 66.6 Å². The number of oxime groups is 1. The summed E-state index contributed by atoms with van der Waals surface area (Å²) in [7, 11) is 3.76. The van der Waals surface area contributed by atoms with Crippen LogP contribution in [-0.2, 0) is 21.0 Å². The summed E-state index contributed by atoms with van der Waals surface area (Å²) < 4.78 is 0. The van der Waals surface area contributed by atoms with Gasteiger partial charge in [0.1, 0.15) is 12.6 Å². The largest absolute Gasteiger partial charge is 0.391 e. The first-order valence-electron chi connectivity index (χ1n) is 11.9. The molecule has 0 aromatic heterocycles. The summed E-state index contributed by atoms with van der Waals surface area (Å²) in [6.45, 7) is 2.96. The van der Waals surface area contributed by atoms with Crippen molar-refractivity contribution in [1.82, 2.24) is 15.1 Å². The van der Waals surface area contributed by atoms with Gasteiger partial charge in [0.25, 0.3) is 0 Å². The van der Waals surface area contributed by atoms with Crippen LogP contribution >= 0.6 is 0 Å². The number of hydrogen-bond donors (Lipinski definition) is 1. The highest BCUT2D eigenvalue weighted by Crippen LogP contribution is 2.29. The number of benzene rings is 1. The van der Waals surface area contributed by atoms with Gasteiger partial charge in [0.2, 0.25) is 11.8 Å². The van der Waals surface area contributed by atoms with Crippen LogP contribution in [0.4, 0.5) is 0 Å². The second-order valence-electron chi connectivity index (χ2n) is 9.28. The highest BCUT2D eigenvalue weighted by Gasteiger charge is 2.38. The lowest BCUT2D eigenvalue weighted by atomic mass is 9.83. The van der Waals surface area contributed by atoms with Gasteiger partial charge in [-0.15, -0.1) is 0 Å². The molecule has 1 aromatic rings. The fourth-order valence-electron chi connectivity index (χ4n) is 4.56. The average molecular weight is 443 g/mol. The van der Waals surface area contributed by atoms with E-state index < -0.39 is 6.04 Å². The molecule has 7 heteroatoms. The molecule has 1 aliphatic carbocycles. The van der Waals surface area contributed by atoms with Gasteiger partial charge in [-0.3, -0.25) is 14.5 Å². The molecular formula is C25H38N4O3. The van der Waals surface area contributed by atoms with Crippen molar-refractivity contribution >= 4 is 18.0 Å². The molecule has 1 N–H and O–H groups in total. The van der Waals surface area contributed by atoms with Gasteiger partial charge in [0.05, 0.1) is 18.3 Å². The van der Waals surface area contributed by atoms with Crippen LogP contribution in [0.25, 0.3) is 0 Å². The first-order valence-corrected chi connectivity index (χ1v) is 11.9. The van der Waals surface area contributed by atoms with Gasteiger partial charge in [-0.1, -0.05) is 54.8 Å². The Morgan fingerprint density at radius 2 is 1.88 bits per heavy atom. The number of nitrogens with zero attached hydrogens (tertiary/aromatic N) is 3. The summed E-state index contributed by atoms with van der Waals surface area (Å²) in [6, 6.07) is 9.05. The van der Waals surface area contributed by atoms with E-state index in [4.69, 9.17) is 4.84 Å². The maximum absolute atomic E-state index is 13.6. The van der Waals surface area contributed by atoms with Crippen LogP contribution in [0.1, 0.15) is 57.4 Å². The Hall–Kier alpha value is -2.41. The quantitative estimate of drug-likeness (QED) is 0.471. The van der Waals surface area contributed by atoms with Crippen LogP contribution in [0.5, 0.6) is 0 Å². The number of carbonyl (C=O) groups is 2. The number of likely N-dealkylation sites (N-methyl/N-ethyl adjacent to an activating group) is 1. The van der Waals surface area contributed by atoms with Crippen molar-refractivity contribution in [3.05, 3.63) is 35.9 Å². The van der Waals surface area contributed by atoms with Crippen molar-refractivity contribution in [2.24, 2.45) is 11.1 Å². The molecule has 1 heterocycles. The Morgan fingerprint density at radius 1 is 1.16 bits per heavy atom. The molecule has 7 nitrogen and oxygen atoms in total. The summed E-state index contributed by atoms with van der Waals surface area (Å²) in [5.74, 6) is 0.129. The van der Waals surface area contributed by atoms with E-state index in [2.05, 4.69) is 10.5 Å². The van der Waals surface area contributed by atoms with Gasteiger partial charge < -0.3 is 15.1 Å². The lowest BCUT2D eigenvalue weighted by Crippen LogP contribution is -2.56. The maximum atomic E-state index is 13.6. The van der Waals surface area contributed by atoms with Crippen LogP contribution in [0.2, 0.25) is 0 Å². The number of amides is 2. The molecule has 1 saturated heterocycles. The highest BCUT2D eigenvalue weighted by molar-refractivity contribution is 5.91. The summed E-state index contributed by atoms with van der Waals surface area (Å²) >= 11 is 0. The minimum atomic E-state index is -0.468. The van der Waals surface area contributed by atoms with Crippen molar-refractivity contribution in [3.63, 3.8) is 0 Å². The normalized spacial score (nSPS) is 21.6. The van der Waals surface area contributed by atoms with Crippen molar-refractivity contribution in [3.8, 4) is 0 Å². The molecule has 1 aromatic carbocycles. The van der Waals surface area contributed by atoms with Crippen molar-refractivity contribution in [2.45, 2.75) is 76.6 Å². The third-order valence-electron chi connectivity index (χ3n) is 6.80. The fraction of sp³-hybridized carbons (Fsp3) is 0.640. The second-order valence-corrected chi connectivity index (χ2v) is 9.28. The number of likely N-dealkylation sites (tertiary alicyclic amines) is 1. The molecule has 1 aliphatic heterocycles. The Bertz CT molecular complexity index is 762. The molecule has 0 spiro atoms. The molecular weight excluding hydrogens is 404 g/mol. The van der Waals surface area contributed by atoms with Gasteiger partial charge in [0, 0.05) is 6.54 Å². The molecule has 2 aliphatic rings. The molecule has 0 radical (unpaired) electrons. The monoisotopic (exact) mass is 442 g/mol. The Morgan fingerprint density at radius 3 is 2.56 bits per heavy atom. The van der Waals surface area contributed by atoms with E-state index in [1.807, 2.05) is 61.2 Å². The number of carbonyl (C=O) groups excluding carboxylic acids is 2. The van der Waals surface area contributed by atoms with Gasteiger partial charge in [-0.25, -0.2) is 0 Å². The minimum absolute atomic E-state index is 0.0215. The van der Waals surface area contributed by atoms with Crippen molar-refractivity contribution < 1.29 is 14.4 Å². The average Bonchev–Trinajstić information content (AvgIpc) is 3.29. The fourth-order valence-corrected chi connectivity index (χ4v) is 4.56. The molecule has 176 valence electrons. The van der Waals surface area contributed by atoms with E-state index in [0.717, 1.165) is 44.1 Å². The first-order chi connectivity index (χ1) is 15.5. The predicted octanol–water partition coefficient (Wildman–Crippen LogP) is 3.20. The third-order valence-corrected chi connectivity index (χ3v) is 6.80. The predicted molar refractivity (Wildman–Crippen MR) is 126 cm³/mol. The molecule has 2 fully saturated rings. The first kappa shape index (κ1) is 24.2. The lowest BCUT2D eigenvalue weighted by Gasteiger charge is -2.35. The standard InChI is InChI=1S/C25H38N4O3/c1-19(28(2)3)24(30)27-23(21-13-8-5-9-14-21)25(31)29-16-10-15-22(29)17-26-32-18-20-11-6-4-7-12-20/h4,6-7,11-12,17,19,21-23H,5,8-10,13-16,18H2,1-3H3,(H,27,30)/t19-,22?,23-/m0/s1. The smallest absolute Gasteiger partial charge is 0.245 e. The zero-order chi connectivity index (χ0) is 22.9. The van der Waals surface area contributed by atoms with Gasteiger partial charge in [-0.2, -0.15) is 0 Å². The SMILES string of the molecule is C[C@@H](C(=O)N[C@H](C(=O)N1CCCC1C=NOCc1ccccc1)C1CCCCC1)N(C)C. The minimum Gasteiger partial charge on any atom is -0.391 e. The molecule has 1 saturated carbocycles. The van der Waals surface area contributed by atoms with Gasteiger partial charge >= 0.3 is 0 Å². The summed E-state index contributed by atoms with van der Waals surface area (Å²) in [5.41, 5.74) is 1.05. The summed E-state index contributed by atoms with van der Waals surface area (Å²) in [4.78, 5) is 35.7. The molecule has 0 bridgehead atoms. The van der Waals surface area contributed by atoms with Crippen molar-refractivity contribution in [2.75, 3.05) is 20.6 Å². The van der Waals surface area contributed by atoms with Gasteiger partial charge in [-0.05, 0) is 58.2 Å². The van der Waals surface area contributed by atoms with Gasteiger partial charge in [0.15, 0.2) is 0 Å². The lowest BCUT2D eigenvalue weighted by molar-refractivity contribution is -0.139. The molecule has 32 heavy (non-hydrogen) atoms. The Labute approximate surface area is 192 Å². The zero-order valence-electron chi connectivity index (χ0n) is 19.7. The molecule has 2 amide bonds. The second kappa shape index (κ2) is 12.0. The van der Waals surface area contributed by atoms with Crippen LogP contribution in [0.3, 0.4) is 0 Å². The number of rotatable bonds is 9. The number of nitrogens with one attached hydrogen (secondary N) is 1. The zero-order valence-corrected chi connectivity index (χ0v) is 19.7. The van der Waals surface area contributed by atoms with Crippen molar-refractivity contribution in [1.29, 1.82) is 0 Å². The highest BCUT2D eigenvalue weighted by atomic mass is 16.6. The number of hydrogen-bond acceptors (Lipinski definition) is 5. The summed E-state index contributed by atoms with van der Waals surface area (Å²) in [6.07, 6.45) is 8.95. The Kier molecular flexibility index (Phi) is 9.09. The molecule has 3 rings (SSSR count). The van der Waals surface area contributed by atoms with E-state index in [-0.39, 0.29) is 29.8 Å². The van der Waals surface area contributed by atoms with E-state index >= 15 is 0 Å². The van der Waals surface area contributed by atoms with E-state index in [0.29, 0.717) is 13.2 Å². The van der Waals surface area contributed by atoms with Crippen LogP contribution < -0.4 is 5.32 Å². The topological polar surface area (TPSA) is 74.2 Å². The van der Waals surface area contributed by atoms with E-state index in [1.54, 1.807) is 6.21 Å². The van der Waals surface area contributed by atoms with Crippen LogP contribution in [0, 0.1) is 5.92 Å². The Balaban J connectivity index is 1.65. The van der Waals surface area contributed by atoms with E-state index in [1.165, 1.54) is 6.42 Å². The molecule has 1 unspecified atom stereocenters.